The van der Waals surface area contributed by atoms with E-state index in [1.165, 1.54) is 18.2 Å². The van der Waals surface area contributed by atoms with E-state index in [4.69, 9.17) is 4.74 Å². The smallest absolute Gasteiger partial charge is 0.203 e. The standard InChI is InChI=1S/C21H19FN6O2/c1-3-30-18-11-23-21(24-12-18)15-6-14(7-16(22)9-15)8-19-20(29)4-5-28(26-19)17-10-25-27(2)13-17/h4-7,9-13H,3,8H2,1-2H3. The number of hydrogen-bond donors (Lipinski definition) is 0. The normalized spacial score (nSPS) is 10.9. The van der Waals surface area contributed by atoms with E-state index < -0.39 is 5.82 Å². The molecular formula is C21H19FN6O2. The number of halogens is 1. The molecule has 0 fully saturated rings. The van der Waals surface area contributed by atoms with Crippen LogP contribution in [-0.4, -0.2) is 36.1 Å². The van der Waals surface area contributed by atoms with Crippen LogP contribution in [0.4, 0.5) is 4.39 Å². The molecule has 0 unspecified atom stereocenters. The second-order valence-corrected chi connectivity index (χ2v) is 6.64. The molecule has 4 aromatic rings. The molecule has 0 saturated heterocycles. The van der Waals surface area contributed by atoms with Gasteiger partial charge in [-0.1, -0.05) is 0 Å². The molecule has 0 radical (unpaired) electrons. The number of rotatable bonds is 6. The minimum atomic E-state index is -0.441. The molecule has 152 valence electrons. The molecule has 30 heavy (non-hydrogen) atoms. The van der Waals surface area contributed by atoms with Gasteiger partial charge in [-0.25, -0.2) is 19.0 Å². The maximum Gasteiger partial charge on any atom is 0.203 e. The number of aryl methyl sites for hydroxylation is 1. The molecule has 0 saturated carbocycles. The molecule has 0 atom stereocenters. The van der Waals surface area contributed by atoms with Gasteiger partial charge in [-0.2, -0.15) is 10.2 Å². The van der Waals surface area contributed by atoms with E-state index in [2.05, 4.69) is 20.2 Å². The second-order valence-electron chi connectivity index (χ2n) is 6.64. The van der Waals surface area contributed by atoms with E-state index in [9.17, 15) is 9.18 Å². The van der Waals surface area contributed by atoms with E-state index in [-0.39, 0.29) is 11.8 Å². The van der Waals surface area contributed by atoms with Crippen LogP contribution >= 0.6 is 0 Å². The van der Waals surface area contributed by atoms with Crippen LogP contribution < -0.4 is 10.2 Å². The highest BCUT2D eigenvalue weighted by Gasteiger charge is 2.11. The fourth-order valence-electron chi connectivity index (χ4n) is 3.02. The third kappa shape index (κ3) is 4.24. The summed E-state index contributed by atoms with van der Waals surface area (Å²) in [6.45, 7) is 2.38. The van der Waals surface area contributed by atoms with Gasteiger partial charge in [0.2, 0.25) is 5.43 Å². The third-order valence-electron chi connectivity index (χ3n) is 4.36. The largest absolute Gasteiger partial charge is 0.491 e. The average molecular weight is 406 g/mol. The highest BCUT2D eigenvalue weighted by Crippen LogP contribution is 2.21. The van der Waals surface area contributed by atoms with Gasteiger partial charge >= 0.3 is 0 Å². The predicted octanol–water partition coefficient (Wildman–Crippen LogP) is 2.55. The zero-order valence-electron chi connectivity index (χ0n) is 16.5. The van der Waals surface area contributed by atoms with Crippen molar-refractivity contribution >= 4 is 0 Å². The topological polar surface area (TPSA) is 87.7 Å². The van der Waals surface area contributed by atoms with Gasteiger partial charge in [0.05, 0.1) is 31.4 Å². The van der Waals surface area contributed by atoms with Gasteiger partial charge in [-0.05, 0) is 30.7 Å². The van der Waals surface area contributed by atoms with Crippen molar-refractivity contribution in [3.8, 4) is 22.8 Å². The van der Waals surface area contributed by atoms with Crippen LogP contribution in [0.5, 0.6) is 5.75 Å². The first-order valence-corrected chi connectivity index (χ1v) is 9.34. The zero-order valence-corrected chi connectivity index (χ0v) is 16.5. The van der Waals surface area contributed by atoms with Gasteiger partial charge in [-0.3, -0.25) is 9.48 Å². The van der Waals surface area contributed by atoms with Crippen LogP contribution in [0.2, 0.25) is 0 Å². The Morgan fingerprint density at radius 3 is 2.63 bits per heavy atom. The van der Waals surface area contributed by atoms with E-state index in [0.29, 0.717) is 35.0 Å². The molecule has 0 spiro atoms. The zero-order chi connectivity index (χ0) is 21.1. The van der Waals surface area contributed by atoms with Gasteiger partial charge in [0.25, 0.3) is 0 Å². The van der Waals surface area contributed by atoms with Gasteiger partial charge in [-0.15, -0.1) is 0 Å². The van der Waals surface area contributed by atoms with Gasteiger partial charge in [0.15, 0.2) is 11.6 Å². The van der Waals surface area contributed by atoms with Crippen LogP contribution in [0.1, 0.15) is 18.2 Å². The minimum absolute atomic E-state index is 0.168. The fourth-order valence-corrected chi connectivity index (χ4v) is 3.02. The highest BCUT2D eigenvalue weighted by atomic mass is 19.1. The Kier molecular flexibility index (Phi) is 5.34. The van der Waals surface area contributed by atoms with Crippen molar-refractivity contribution in [3.63, 3.8) is 0 Å². The molecular weight excluding hydrogens is 387 g/mol. The van der Waals surface area contributed by atoms with E-state index in [1.807, 2.05) is 6.92 Å². The van der Waals surface area contributed by atoms with Crippen molar-refractivity contribution in [2.75, 3.05) is 6.61 Å². The van der Waals surface area contributed by atoms with Gasteiger partial charge in [0.1, 0.15) is 17.2 Å². The van der Waals surface area contributed by atoms with E-state index in [1.54, 1.807) is 53.5 Å². The minimum Gasteiger partial charge on any atom is -0.491 e. The quantitative estimate of drug-likeness (QED) is 0.489. The van der Waals surface area contributed by atoms with Gasteiger partial charge in [0, 0.05) is 31.3 Å². The molecule has 0 amide bonds. The van der Waals surface area contributed by atoms with Crippen molar-refractivity contribution in [2.24, 2.45) is 7.05 Å². The Labute approximate surface area is 171 Å². The molecule has 0 N–H and O–H groups in total. The molecule has 1 aromatic carbocycles. The molecule has 0 bridgehead atoms. The molecule has 9 heteroatoms. The Balaban J connectivity index is 1.64. The van der Waals surface area contributed by atoms with Crippen LogP contribution in [0.3, 0.4) is 0 Å². The van der Waals surface area contributed by atoms with Crippen LogP contribution in [-0.2, 0) is 13.5 Å². The highest BCUT2D eigenvalue weighted by molar-refractivity contribution is 5.56. The predicted molar refractivity (Wildman–Crippen MR) is 108 cm³/mol. The van der Waals surface area contributed by atoms with Crippen molar-refractivity contribution in [1.82, 2.24) is 29.5 Å². The molecule has 0 aliphatic carbocycles. The van der Waals surface area contributed by atoms with Gasteiger partial charge < -0.3 is 4.74 Å². The van der Waals surface area contributed by atoms with Crippen molar-refractivity contribution in [2.45, 2.75) is 13.3 Å². The number of benzene rings is 1. The van der Waals surface area contributed by atoms with Crippen LogP contribution in [0.25, 0.3) is 17.1 Å². The van der Waals surface area contributed by atoms with Crippen LogP contribution in [0, 0.1) is 5.82 Å². The molecule has 3 heterocycles. The number of nitrogens with zero attached hydrogens (tertiary/aromatic N) is 6. The third-order valence-corrected chi connectivity index (χ3v) is 4.36. The molecule has 8 nitrogen and oxygen atoms in total. The Morgan fingerprint density at radius 2 is 1.93 bits per heavy atom. The lowest BCUT2D eigenvalue weighted by molar-refractivity contribution is 0.337. The number of ether oxygens (including phenoxy) is 1. The molecule has 4 rings (SSSR count). The monoisotopic (exact) mass is 406 g/mol. The summed E-state index contributed by atoms with van der Waals surface area (Å²) >= 11 is 0. The average Bonchev–Trinajstić information content (AvgIpc) is 3.16. The first kappa shape index (κ1) is 19.4. The second kappa shape index (κ2) is 8.24. The van der Waals surface area contributed by atoms with Crippen molar-refractivity contribution < 1.29 is 9.13 Å². The first-order valence-electron chi connectivity index (χ1n) is 9.34. The Hall–Kier alpha value is -3.88. The summed E-state index contributed by atoms with van der Waals surface area (Å²) in [6.07, 6.45) is 8.26. The summed E-state index contributed by atoms with van der Waals surface area (Å²) in [7, 11) is 1.80. The molecule has 0 aliphatic rings. The summed E-state index contributed by atoms with van der Waals surface area (Å²) in [5, 5.41) is 8.50. The van der Waals surface area contributed by atoms with Crippen LogP contribution in [0.15, 0.2) is 60.0 Å². The van der Waals surface area contributed by atoms with E-state index >= 15 is 0 Å². The Bertz CT molecular complexity index is 1230. The lowest BCUT2D eigenvalue weighted by Crippen LogP contribution is -2.16. The lowest BCUT2D eigenvalue weighted by atomic mass is 10.1. The first-order chi connectivity index (χ1) is 14.5. The Morgan fingerprint density at radius 1 is 1.13 bits per heavy atom. The van der Waals surface area contributed by atoms with Crippen molar-refractivity contribution in [3.05, 3.63) is 82.5 Å². The summed E-state index contributed by atoms with van der Waals surface area (Å²) in [6, 6.07) is 5.92. The lowest BCUT2D eigenvalue weighted by Gasteiger charge is -2.08. The number of hydrogen-bond acceptors (Lipinski definition) is 6. The number of aromatic nitrogens is 6. The maximum atomic E-state index is 14.3. The maximum absolute atomic E-state index is 14.3. The van der Waals surface area contributed by atoms with Crippen molar-refractivity contribution in [1.29, 1.82) is 0 Å². The SMILES string of the molecule is CCOc1cnc(-c2cc(F)cc(Cc3nn(-c4cnn(C)c4)ccc3=O)c2)nc1. The fraction of sp³-hybridized carbons (Fsp3) is 0.190. The summed E-state index contributed by atoms with van der Waals surface area (Å²) in [5.74, 6) is 0.471. The van der Waals surface area contributed by atoms with E-state index in [0.717, 1.165) is 5.69 Å². The molecule has 0 aliphatic heterocycles. The summed E-state index contributed by atoms with van der Waals surface area (Å²) in [4.78, 5) is 20.8. The summed E-state index contributed by atoms with van der Waals surface area (Å²) < 4.78 is 22.8. The molecule has 3 aromatic heterocycles. The summed E-state index contributed by atoms with van der Waals surface area (Å²) in [5.41, 5.74) is 1.90.